The van der Waals surface area contributed by atoms with E-state index in [9.17, 15) is 4.79 Å². The molecule has 90 valence electrons. The fourth-order valence-electron chi connectivity index (χ4n) is 3.39. The van der Waals surface area contributed by atoms with Crippen molar-refractivity contribution in [1.82, 2.24) is 0 Å². The Balaban J connectivity index is 1.62. The molecule has 1 aromatic carbocycles. The molecule has 2 atom stereocenters. The zero-order valence-corrected chi connectivity index (χ0v) is 10.6. The van der Waals surface area contributed by atoms with Crippen molar-refractivity contribution in [2.24, 2.45) is 17.8 Å². The van der Waals surface area contributed by atoms with E-state index in [4.69, 9.17) is 11.6 Å². The molecule has 0 bridgehead atoms. The van der Waals surface area contributed by atoms with Gasteiger partial charge in [-0.2, -0.15) is 0 Å². The van der Waals surface area contributed by atoms with Gasteiger partial charge >= 0.3 is 0 Å². The van der Waals surface area contributed by atoms with Crippen molar-refractivity contribution in [2.75, 3.05) is 0 Å². The van der Waals surface area contributed by atoms with E-state index in [0.717, 1.165) is 22.4 Å². The number of carbonyl (C=O) groups is 1. The molecule has 2 aliphatic carbocycles. The third kappa shape index (κ3) is 2.26. The molecule has 17 heavy (non-hydrogen) atoms. The summed E-state index contributed by atoms with van der Waals surface area (Å²) in [5.41, 5.74) is 1.10. The Morgan fingerprint density at radius 2 is 1.71 bits per heavy atom. The lowest BCUT2D eigenvalue weighted by atomic mass is 10.0. The number of benzene rings is 1. The average molecular weight is 249 g/mol. The predicted octanol–water partition coefficient (Wildman–Crippen LogP) is 3.89. The van der Waals surface area contributed by atoms with Crippen molar-refractivity contribution in [3.05, 3.63) is 34.9 Å². The molecule has 0 amide bonds. The predicted molar refractivity (Wildman–Crippen MR) is 69.1 cm³/mol. The lowest BCUT2D eigenvalue weighted by molar-refractivity contribution is -0.120. The lowest BCUT2D eigenvalue weighted by Crippen LogP contribution is -2.07. The van der Waals surface area contributed by atoms with Gasteiger partial charge in [0.25, 0.3) is 0 Å². The maximum Gasteiger partial charge on any atom is 0.140 e. The molecule has 0 spiro atoms. The summed E-state index contributed by atoms with van der Waals surface area (Å²) in [4.78, 5) is 12.2. The Hall–Kier alpha value is -0.820. The van der Waals surface area contributed by atoms with Crippen LogP contribution in [0.4, 0.5) is 0 Å². The first-order valence-corrected chi connectivity index (χ1v) is 6.90. The van der Waals surface area contributed by atoms with Gasteiger partial charge in [0.2, 0.25) is 0 Å². The average Bonchev–Trinajstić information content (AvgIpc) is 3.06. The van der Waals surface area contributed by atoms with Crippen molar-refractivity contribution in [3.63, 3.8) is 0 Å². The van der Waals surface area contributed by atoms with Crippen LogP contribution < -0.4 is 0 Å². The number of fused-ring (bicyclic) bond motifs is 1. The number of hydrogen-bond acceptors (Lipinski definition) is 1. The van der Waals surface area contributed by atoms with Gasteiger partial charge in [0.15, 0.2) is 0 Å². The molecule has 1 aromatic rings. The van der Waals surface area contributed by atoms with Gasteiger partial charge in [-0.15, -0.1) is 0 Å². The number of ketones is 1. The quantitative estimate of drug-likeness (QED) is 0.793. The van der Waals surface area contributed by atoms with E-state index in [1.165, 1.54) is 25.7 Å². The molecule has 0 heterocycles. The van der Waals surface area contributed by atoms with E-state index in [1.807, 2.05) is 24.3 Å². The molecule has 2 fully saturated rings. The second-order valence-corrected chi connectivity index (χ2v) is 5.84. The normalized spacial score (nSPS) is 30.8. The Labute approximate surface area is 107 Å². The van der Waals surface area contributed by atoms with Crippen LogP contribution in [0, 0.1) is 17.8 Å². The minimum absolute atomic E-state index is 0.383. The SMILES string of the molecule is O=C(Cc1ccc(Cl)cc1)C1C2CCCCC21. The van der Waals surface area contributed by atoms with Crippen LogP contribution in [-0.4, -0.2) is 5.78 Å². The van der Waals surface area contributed by atoms with Gasteiger partial charge in [0, 0.05) is 17.4 Å². The molecule has 0 saturated heterocycles. The van der Waals surface area contributed by atoms with E-state index in [0.29, 0.717) is 18.1 Å². The second kappa shape index (κ2) is 4.45. The van der Waals surface area contributed by atoms with Crippen LogP contribution in [0.25, 0.3) is 0 Å². The highest BCUT2D eigenvalue weighted by atomic mass is 35.5. The largest absolute Gasteiger partial charge is 0.299 e. The summed E-state index contributed by atoms with van der Waals surface area (Å²) >= 11 is 5.84. The number of rotatable bonds is 3. The standard InChI is InChI=1S/C15H17ClO/c16-11-7-5-10(6-8-11)9-14(17)15-12-3-1-2-4-13(12)15/h5-8,12-13,15H,1-4,9H2. The summed E-state index contributed by atoms with van der Waals surface area (Å²) in [7, 11) is 0. The molecular weight excluding hydrogens is 232 g/mol. The van der Waals surface area contributed by atoms with Crippen molar-refractivity contribution in [2.45, 2.75) is 32.1 Å². The third-order valence-corrected chi connectivity index (χ3v) is 4.57. The van der Waals surface area contributed by atoms with Crippen LogP contribution in [0.3, 0.4) is 0 Å². The van der Waals surface area contributed by atoms with Gasteiger partial charge in [0.1, 0.15) is 5.78 Å². The van der Waals surface area contributed by atoms with E-state index in [-0.39, 0.29) is 0 Å². The molecule has 2 aliphatic rings. The molecule has 2 saturated carbocycles. The van der Waals surface area contributed by atoms with Crippen LogP contribution in [0.15, 0.2) is 24.3 Å². The Morgan fingerprint density at radius 3 is 2.29 bits per heavy atom. The number of carbonyl (C=O) groups excluding carboxylic acids is 1. The van der Waals surface area contributed by atoms with Gasteiger partial charge in [-0.1, -0.05) is 36.6 Å². The summed E-state index contributed by atoms with van der Waals surface area (Å²) < 4.78 is 0. The highest BCUT2D eigenvalue weighted by Gasteiger charge is 2.53. The summed E-state index contributed by atoms with van der Waals surface area (Å²) in [5.74, 6) is 2.28. The van der Waals surface area contributed by atoms with Crippen LogP contribution in [0.2, 0.25) is 5.02 Å². The summed E-state index contributed by atoms with van der Waals surface area (Å²) in [6.45, 7) is 0. The van der Waals surface area contributed by atoms with Crippen LogP contribution in [0.1, 0.15) is 31.2 Å². The minimum Gasteiger partial charge on any atom is -0.299 e. The lowest BCUT2D eigenvalue weighted by Gasteiger charge is -2.04. The van der Waals surface area contributed by atoms with Crippen molar-refractivity contribution >= 4 is 17.4 Å². The van der Waals surface area contributed by atoms with Crippen molar-refractivity contribution in [1.29, 1.82) is 0 Å². The number of Topliss-reactive ketones (excluding diaryl/α,β-unsaturated/α-hetero) is 1. The first-order valence-electron chi connectivity index (χ1n) is 6.53. The molecule has 0 aliphatic heterocycles. The zero-order valence-electron chi connectivity index (χ0n) is 9.86. The third-order valence-electron chi connectivity index (χ3n) is 4.32. The van der Waals surface area contributed by atoms with E-state index < -0.39 is 0 Å². The van der Waals surface area contributed by atoms with Crippen LogP contribution >= 0.6 is 11.6 Å². The second-order valence-electron chi connectivity index (χ2n) is 5.41. The van der Waals surface area contributed by atoms with Gasteiger partial charge in [0.05, 0.1) is 0 Å². The molecule has 3 rings (SSSR count). The molecule has 2 heteroatoms. The highest BCUT2D eigenvalue weighted by Crippen LogP contribution is 2.55. The number of halogens is 1. The molecule has 2 unspecified atom stereocenters. The smallest absolute Gasteiger partial charge is 0.140 e. The summed E-state index contributed by atoms with van der Waals surface area (Å²) in [6, 6.07) is 7.66. The van der Waals surface area contributed by atoms with Crippen LogP contribution in [-0.2, 0) is 11.2 Å². The zero-order chi connectivity index (χ0) is 11.8. The minimum atomic E-state index is 0.383. The maximum absolute atomic E-state index is 12.2. The van der Waals surface area contributed by atoms with Gasteiger partial charge in [-0.25, -0.2) is 0 Å². The topological polar surface area (TPSA) is 17.1 Å². The Morgan fingerprint density at radius 1 is 1.12 bits per heavy atom. The van der Waals surface area contributed by atoms with Crippen molar-refractivity contribution in [3.8, 4) is 0 Å². The Kier molecular flexibility index (Phi) is 2.96. The van der Waals surface area contributed by atoms with Crippen molar-refractivity contribution < 1.29 is 4.79 Å². The van der Waals surface area contributed by atoms with Gasteiger partial charge in [-0.3, -0.25) is 4.79 Å². The number of hydrogen-bond donors (Lipinski definition) is 0. The highest BCUT2D eigenvalue weighted by molar-refractivity contribution is 6.30. The fourth-order valence-corrected chi connectivity index (χ4v) is 3.52. The molecule has 0 radical (unpaired) electrons. The summed E-state index contributed by atoms with van der Waals surface area (Å²) in [5, 5.41) is 0.737. The maximum atomic E-state index is 12.2. The van der Waals surface area contributed by atoms with E-state index in [2.05, 4.69) is 0 Å². The van der Waals surface area contributed by atoms with Gasteiger partial charge in [-0.05, 0) is 42.4 Å². The first-order chi connectivity index (χ1) is 8.25. The Bertz CT molecular complexity index is 411. The molecule has 0 N–H and O–H groups in total. The van der Waals surface area contributed by atoms with Crippen LogP contribution in [0.5, 0.6) is 0 Å². The molecular formula is C15H17ClO. The fraction of sp³-hybridized carbons (Fsp3) is 0.533. The summed E-state index contributed by atoms with van der Waals surface area (Å²) in [6.07, 6.45) is 5.80. The van der Waals surface area contributed by atoms with Gasteiger partial charge < -0.3 is 0 Å². The monoisotopic (exact) mass is 248 g/mol. The van der Waals surface area contributed by atoms with E-state index in [1.54, 1.807) is 0 Å². The molecule has 0 aromatic heterocycles. The molecule has 1 nitrogen and oxygen atoms in total. The van der Waals surface area contributed by atoms with E-state index >= 15 is 0 Å². The first kappa shape index (κ1) is 11.3.